The summed E-state index contributed by atoms with van der Waals surface area (Å²) in [5, 5.41) is 5.69. The molecule has 3 rings (SSSR count). The molecule has 0 aliphatic heterocycles. The van der Waals surface area contributed by atoms with Crippen LogP contribution >= 0.6 is 0 Å². The average molecular weight is 459 g/mol. The molecule has 5 nitrogen and oxygen atoms in total. The van der Waals surface area contributed by atoms with E-state index in [0.29, 0.717) is 22.7 Å². The van der Waals surface area contributed by atoms with Gasteiger partial charge in [-0.05, 0) is 64.4 Å². The van der Waals surface area contributed by atoms with Crippen LogP contribution in [0.5, 0.6) is 5.75 Å². The number of nitrogens with one attached hydrogen (secondary N) is 2. The molecule has 0 aliphatic carbocycles. The van der Waals surface area contributed by atoms with Crippen LogP contribution in [-0.2, 0) is 15.6 Å². The van der Waals surface area contributed by atoms with Crippen LogP contribution in [0.15, 0.2) is 72.8 Å². The number of carbonyl (C=O) groups is 2. The first-order valence-corrected chi connectivity index (χ1v) is 11.5. The van der Waals surface area contributed by atoms with Gasteiger partial charge in [-0.15, -0.1) is 0 Å². The molecular formula is C29H34N2O3. The van der Waals surface area contributed by atoms with E-state index in [1.165, 1.54) is 11.1 Å². The summed E-state index contributed by atoms with van der Waals surface area (Å²) in [5.41, 5.74) is 4.22. The van der Waals surface area contributed by atoms with Crippen molar-refractivity contribution >= 4 is 23.2 Å². The van der Waals surface area contributed by atoms with E-state index in [4.69, 9.17) is 4.74 Å². The monoisotopic (exact) mass is 458 g/mol. The number of benzene rings is 3. The minimum Gasteiger partial charge on any atom is -0.484 e. The second kappa shape index (κ2) is 10.1. The fourth-order valence-corrected chi connectivity index (χ4v) is 3.40. The van der Waals surface area contributed by atoms with Crippen molar-refractivity contribution in [1.29, 1.82) is 0 Å². The van der Waals surface area contributed by atoms with Gasteiger partial charge in [-0.1, -0.05) is 71.9 Å². The number of anilines is 2. The van der Waals surface area contributed by atoms with Crippen LogP contribution in [0.1, 0.15) is 63.0 Å². The van der Waals surface area contributed by atoms with E-state index >= 15 is 0 Å². The van der Waals surface area contributed by atoms with E-state index in [1.807, 2.05) is 48.5 Å². The largest absolute Gasteiger partial charge is 0.484 e. The van der Waals surface area contributed by atoms with Crippen molar-refractivity contribution in [1.82, 2.24) is 0 Å². The Morgan fingerprint density at radius 3 is 1.74 bits per heavy atom. The molecule has 5 heteroatoms. The van der Waals surface area contributed by atoms with Gasteiger partial charge in [0.15, 0.2) is 6.61 Å². The maximum Gasteiger partial charge on any atom is 0.262 e. The van der Waals surface area contributed by atoms with Gasteiger partial charge in [0.2, 0.25) is 0 Å². The Labute approximate surface area is 202 Å². The number of amides is 2. The fraction of sp³-hybridized carbons (Fsp3) is 0.310. The first-order chi connectivity index (χ1) is 15.9. The van der Waals surface area contributed by atoms with Gasteiger partial charge in [-0.3, -0.25) is 9.59 Å². The third kappa shape index (κ3) is 6.95. The topological polar surface area (TPSA) is 67.4 Å². The number of rotatable bonds is 6. The molecule has 0 radical (unpaired) electrons. The molecule has 2 N–H and O–H groups in total. The molecule has 0 aliphatic rings. The zero-order chi connectivity index (χ0) is 24.9. The quantitative estimate of drug-likeness (QED) is 0.440. The summed E-state index contributed by atoms with van der Waals surface area (Å²) in [7, 11) is 0. The Morgan fingerprint density at radius 1 is 0.706 bits per heavy atom. The van der Waals surface area contributed by atoms with Crippen LogP contribution in [0.3, 0.4) is 0 Å². The molecule has 3 aromatic rings. The lowest BCUT2D eigenvalue weighted by atomic mass is 9.87. The van der Waals surface area contributed by atoms with Crippen molar-refractivity contribution in [3.63, 3.8) is 0 Å². The minimum atomic E-state index is -0.277. The first-order valence-electron chi connectivity index (χ1n) is 11.5. The van der Waals surface area contributed by atoms with Crippen molar-refractivity contribution in [2.75, 3.05) is 17.2 Å². The molecule has 0 bridgehead atoms. The summed E-state index contributed by atoms with van der Waals surface area (Å²) in [6.45, 7) is 12.7. The highest BCUT2D eigenvalue weighted by Crippen LogP contribution is 2.25. The zero-order valence-electron chi connectivity index (χ0n) is 20.9. The summed E-state index contributed by atoms with van der Waals surface area (Å²) in [5.74, 6) is 0.161. The summed E-state index contributed by atoms with van der Waals surface area (Å²) >= 11 is 0. The predicted molar refractivity (Wildman–Crippen MR) is 139 cm³/mol. The van der Waals surface area contributed by atoms with E-state index in [0.717, 1.165) is 0 Å². The number of carbonyl (C=O) groups excluding carboxylic acids is 2. The van der Waals surface area contributed by atoms with E-state index in [-0.39, 0.29) is 29.3 Å². The lowest BCUT2D eigenvalue weighted by Gasteiger charge is -2.19. The van der Waals surface area contributed by atoms with Gasteiger partial charge in [0.25, 0.3) is 11.8 Å². The Bertz CT molecular complexity index is 1140. The molecule has 178 valence electrons. The van der Waals surface area contributed by atoms with Gasteiger partial charge in [0.1, 0.15) is 5.75 Å². The summed E-state index contributed by atoms with van der Waals surface area (Å²) in [4.78, 5) is 25.0. The molecule has 0 spiro atoms. The highest BCUT2D eigenvalue weighted by molar-refractivity contribution is 6.04. The SMILES string of the molecule is CC(C)(C)c1ccc(OCC(=O)Nc2cccc(NC(=O)c3ccc(C(C)(C)C)cc3)c2)cc1. The van der Waals surface area contributed by atoms with Crippen molar-refractivity contribution in [2.45, 2.75) is 52.4 Å². The Balaban J connectivity index is 1.55. The molecule has 0 unspecified atom stereocenters. The third-order valence-corrected chi connectivity index (χ3v) is 5.51. The molecule has 3 aromatic carbocycles. The summed E-state index contributed by atoms with van der Waals surface area (Å²) in [6, 6.07) is 22.4. The molecule has 0 aromatic heterocycles. The molecule has 2 amide bonds. The van der Waals surface area contributed by atoms with Gasteiger partial charge < -0.3 is 15.4 Å². The normalized spacial score (nSPS) is 11.6. The maximum atomic E-state index is 12.6. The molecule has 0 fully saturated rings. The van der Waals surface area contributed by atoms with Crippen LogP contribution in [0.2, 0.25) is 0 Å². The minimum absolute atomic E-state index is 0.0289. The second-order valence-electron chi connectivity index (χ2n) is 10.5. The van der Waals surface area contributed by atoms with Gasteiger partial charge in [-0.25, -0.2) is 0 Å². The number of hydrogen-bond acceptors (Lipinski definition) is 3. The predicted octanol–water partition coefficient (Wildman–Crippen LogP) is 6.55. The van der Waals surface area contributed by atoms with Crippen LogP contribution in [0.25, 0.3) is 0 Å². The van der Waals surface area contributed by atoms with E-state index in [1.54, 1.807) is 24.3 Å². The van der Waals surface area contributed by atoms with Gasteiger partial charge in [-0.2, -0.15) is 0 Å². The van der Waals surface area contributed by atoms with Crippen molar-refractivity contribution in [3.8, 4) is 5.75 Å². The van der Waals surface area contributed by atoms with Crippen LogP contribution in [-0.4, -0.2) is 18.4 Å². The fourth-order valence-electron chi connectivity index (χ4n) is 3.40. The third-order valence-electron chi connectivity index (χ3n) is 5.51. The van der Waals surface area contributed by atoms with Crippen molar-refractivity contribution in [3.05, 3.63) is 89.5 Å². The lowest BCUT2D eigenvalue weighted by molar-refractivity contribution is -0.118. The number of hydrogen-bond donors (Lipinski definition) is 2. The van der Waals surface area contributed by atoms with Crippen molar-refractivity contribution < 1.29 is 14.3 Å². The zero-order valence-corrected chi connectivity index (χ0v) is 20.9. The maximum absolute atomic E-state index is 12.6. The molecule has 0 saturated carbocycles. The Morgan fingerprint density at radius 2 is 1.21 bits per heavy atom. The first kappa shape index (κ1) is 25.0. The average Bonchev–Trinajstić information content (AvgIpc) is 2.77. The van der Waals surface area contributed by atoms with Crippen molar-refractivity contribution in [2.24, 2.45) is 0 Å². The standard InChI is InChI=1S/C29H34N2O3/c1-28(2,3)21-12-10-20(11-13-21)27(33)31-24-9-7-8-23(18-24)30-26(32)19-34-25-16-14-22(15-17-25)29(4,5)6/h7-18H,19H2,1-6H3,(H,30,32)(H,31,33). The van der Waals surface area contributed by atoms with Crippen LogP contribution < -0.4 is 15.4 Å². The van der Waals surface area contributed by atoms with Crippen LogP contribution in [0.4, 0.5) is 11.4 Å². The molecule has 34 heavy (non-hydrogen) atoms. The molecule has 0 saturated heterocycles. The van der Waals surface area contributed by atoms with Gasteiger partial charge in [0, 0.05) is 16.9 Å². The summed E-state index contributed by atoms with van der Waals surface area (Å²) < 4.78 is 5.61. The van der Waals surface area contributed by atoms with E-state index in [2.05, 4.69) is 52.2 Å². The molecule has 0 heterocycles. The van der Waals surface area contributed by atoms with E-state index < -0.39 is 0 Å². The molecule has 0 atom stereocenters. The summed E-state index contributed by atoms with van der Waals surface area (Å²) in [6.07, 6.45) is 0. The molecular weight excluding hydrogens is 424 g/mol. The smallest absolute Gasteiger partial charge is 0.262 e. The second-order valence-corrected chi connectivity index (χ2v) is 10.5. The lowest BCUT2D eigenvalue weighted by Crippen LogP contribution is -2.20. The van der Waals surface area contributed by atoms with E-state index in [9.17, 15) is 9.59 Å². The highest BCUT2D eigenvalue weighted by atomic mass is 16.5. The van der Waals surface area contributed by atoms with Gasteiger partial charge >= 0.3 is 0 Å². The van der Waals surface area contributed by atoms with Gasteiger partial charge in [0.05, 0.1) is 0 Å². The van der Waals surface area contributed by atoms with Crippen LogP contribution in [0, 0.1) is 0 Å². The number of ether oxygens (including phenoxy) is 1. The highest BCUT2D eigenvalue weighted by Gasteiger charge is 2.15. The Hall–Kier alpha value is -3.60. The Kier molecular flexibility index (Phi) is 7.45.